The number of unbranched alkanes of at least 4 members (excludes halogenated alkanes) is 1. The standard InChI is InChI=1S/C24H27.3ClH.Ti/c1-3-5-19-24(21-14-8-6-9-15-21,22-16-10-7-11-17-22)23-18-12-13-20(23)4-2;;;;/h6-18H,3-5,19H2,1-2H3;3*1H;/q;;;;+3/p-3. The van der Waals surface area contributed by atoms with Crippen molar-refractivity contribution in [3.05, 3.63) is 95.6 Å². The topological polar surface area (TPSA) is 0 Å². The summed E-state index contributed by atoms with van der Waals surface area (Å²) < 4.78 is 0.0135. The molecule has 0 amide bonds. The van der Waals surface area contributed by atoms with Crippen LogP contribution >= 0.6 is 0 Å². The third-order valence-electron chi connectivity index (χ3n) is 5.64. The zero-order valence-corrected chi connectivity index (χ0v) is 20.3. The summed E-state index contributed by atoms with van der Waals surface area (Å²) in [5.41, 5.74) is 4.38. The summed E-state index contributed by atoms with van der Waals surface area (Å²) in [7, 11) is 0. The minimum atomic E-state index is -0.0274. The fraction of sp³-hybridized carbons (Fsp3) is 0.333. The molecular weight excluding hydrogens is 442 g/mol. The molecule has 0 aromatic heterocycles. The Hall–Kier alpha value is -0.496. The second kappa shape index (κ2) is 12.3. The summed E-state index contributed by atoms with van der Waals surface area (Å²) in [5.74, 6) is 0. The first-order valence-corrected chi connectivity index (χ1v) is 10.2. The van der Waals surface area contributed by atoms with Gasteiger partial charge in [0.1, 0.15) is 0 Å². The quantitative estimate of drug-likeness (QED) is 0.404. The average molecular weight is 470 g/mol. The van der Waals surface area contributed by atoms with Crippen LogP contribution in [0.15, 0.2) is 84.5 Å². The van der Waals surface area contributed by atoms with Crippen LogP contribution in [0, 0.1) is 0 Å². The second-order valence-corrected chi connectivity index (χ2v) is 8.19. The molecule has 2 aromatic carbocycles. The number of hydrogen-bond donors (Lipinski definition) is 0. The molecule has 0 nitrogen and oxygen atoms in total. The van der Waals surface area contributed by atoms with Crippen LogP contribution in [0.3, 0.4) is 0 Å². The Labute approximate surface area is 200 Å². The van der Waals surface area contributed by atoms with E-state index in [1.54, 1.807) is 0 Å². The van der Waals surface area contributed by atoms with E-state index >= 15 is 0 Å². The van der Waals surface area contributed by atoms with Gasteiger partial charge in [-0.25, -0.2) is 0 Å². The first-order valence-electron chi connectivity index (χ1n) is 9.44. The van der Waals surface area contributed by atoms with Crippen molar-refractivity contribution in [1.29, 1.82) is 0 Å². The van der Waals surface area contributed by atoms with Crippen molar-refractivity contribution < 1.29 is 57.7 Å². The van der Waals surface area contributed by atoms with Gasteiger partial charge < -0.3 is 37.2 Å². The van der Waals surface area contributed by atoms with Crippen LogP contribution in [0.5, 0.6) is 0 Å². The smallest absolute Gasteiger partial charge is 1.00 e. The molecule has 2 aromatic rings. The Kier molecular flexibility index (Phi) is 12.0. The number of benzene rings is 2. The van der Waals surface area contributed by atoms with Gasteiger partial charge in [0.05, 0.1) is 0 Å². The van der Waals surface area contributed by atoms with E-state index in [1.165, 1.54) is 29.5 Å². The molecule has 1 unspecified atom stereocenters. The van der Waals surface area contributed by atoms with Gasteiger partial charge in [0.25, 0.3) is 0 Å². The molecule has 0 radical (unpaired) electrons. The summed E-state index contributed by atoms with van der Waals surface area (Å²) >= 11 is 2.45. The van der Waals surface area contributed by atoms with Crippen molar-refractivity contribution in [1.82, 2.24) is 0 Å². The molecular formula is C24H27Cl3Ti. The molecule has 28 heavy (non-hydrogen) atoms. The van der Waals surface area contributed by atoms with Gasteiger partial charge in [-0.05, 0) is 0 Å². The van der Waals surface area contributed by atoms with Crippen molar-refractivity contribution in [3.8, 4) is 0 Å². The maximum Gasteiger partial charge on any atom is -1.00 e. The minimum absolute atomic E-state index is 0. The maximum atomic E-state index is 2.45. The second-order valence-electron chi connectivity index (χ2n) is 6.95. The first-order chi connectivity index (χ1) is 12.2. The molecule has 0 saturated heterocycles. The van der Waals surface area contributed by atoms with E-state index in [4.69, 9.17) is 0 Å². The Balaban J connectivity index is 0.00000243. The van der Waals surface area contributed by atoms with Gasteiger partial charge in [-0.2, -0.15) is 0 Å². The molecule has 1 aliphatic rings. The third-order valence-corrected chi connectivity index (χ3v) is 7.07. The summed E-state index contributed by atoms with van der Waals surface area (Å²) in [6, 6.07) is 22.3. The number of rotatable bonds is 7. The molecule has 1 atom stereocenters. The fourth-order valence-electron chi connectivity index (χ4n) is 4.36. The molecule has 0 N–H and O–H groups in total. The Bertz CT molecular complexity index is 716. The molecule has 0 fully saturated rings. The molecule has 0 bridgehead atoms. The van der Waals surface area contributed by atoms with E-state index < -0.39 is 0 Å². The summed E-state index contributed by atoms with van der Waals surface area (Å²) in [6.07, 6.45) is 11.8. The SMILES string of the molecule is CCCCC(c1ccccc1)(c1ccccc1)[C]1([Ti+3])C=CC=C1CC.[Cl-].[Cl-].[Cl-]. The van der Waals surface area contributed by atoms with Crippen LogP contribution in [0.1, 0.15) is 50.7 Å². The first kappa shape index (κ1) is 27.5. The van der Waals surface area contributed by atoms with E-state index in [0.717, 1.165) is 12.8 Å². The molecule has 1 aliphatic carbocycles. The monoisotopic (exact) mass is 468 g/mol. The van der Waals surface area contributed by atoms with Gasteiger partial charge in [-0.15, -0.1) is 0 Å². The Morgan fingerprint density at radius 2 is 1.32 bits per heavy atom. The number of hydrogen-bond acceptors (Lipinski definition) is 0. The molecule has 0 heterocycles. The average Bonchev–Trinajstić information content (AvgIpc) is 3.06. The molecule has 0 saturated carbocycles. The maximum absolute atomic E-state index is 2.45. The van der Waals surface area contributed by atoms with E-state index in [-0.39, 0.29) is 46.4 Å². The fourth-order valence-corrected chi connectivity index (χ4v) is 5.56. The van der Waals surface area contributed by atoms with Crippen LogP contribution in [0.4, 0.5) is 0 Å². The Morgan fingerprint density at radius 3 is 1.75 bits per heavy atom. The van der Waals surface area contributed by atoms with Crippen LogP contribution in [-0.4, -0.2) is 0 Å². The van der Waals surface area contributed by atoms with Crippen molar-refractivity contribution in [2.24, 2.45) is 0 Å². The van der Waals surface area contributed by atoms with E-state index in [9.17, 15) is 0 Å². The predicted octanol–water partition coefficient (Wildman–Crippen LogP) is -2.21. The van der Waals surface area contributed by atoms with Gasteiger partial charge >= 0.3 is 165 Å². The van der Waals surface area contributed by atoms with Crippen LogP contribution in [0.25, 0.3) is 0 Å². The third kappa shape index (κ3) is 4.80. The van der Waals surface area contributed by atoms with Crippen molar-refractivity contribution in [3.63, 3.8) is 0 Å². The van der Waals surface area contributed by atoms with Crippen molar-refractivity contribution in [2.75, 3.05) is 0 Å². The molecule has 0 spiro atoms. The van der Waals surface area contributed by atoms with Crippen LogP contribution < -0.4 is 37.2 Å². The van der Waals surface area contributed by atoms with Crippen LogP contribution in [-0.2, 0) is 25.9 Å². The van der Waals surface area contributed by atoms with Crippen LogP contribution in [0.2, 0.25) is 3.72 Å². The molecule has 4 heteroatoms. The number of allylic oxidation sites excluding steroid dienone is 4. The van der Waals surface area contributed by atoms with E-state index in [0.29, 0.717) is 0 Å². The number of halogens is 3. The van der Waals surface area contributed by atoms with Gasteiger partial charge in [-0.1, -0.05) is 0 Å². The predicted molar refractivity (Wildman–Crippen MR) is 103 cm³/mol. The molecule has 0 aliphatic heterocycles. The normalized spacial score (nSPS) is 17.8. The summed E-state index contributed by atoms with van der Waals surface area (Å²) in [5, 5.41) is 0. The largest absolute Gasteiger partial charge is 1.00 e. The molecule has 148 valence electrons. The zero-order valence-electron chi connectivity index (χ0n) is 16.5. The van der Waals surface area contributed by atoms with E-state index in [2.05, 4.69) is 113 Å². The Morgan fingerprint density at radius 1 is 0.821 bits per heavy atom. The van der Waals surface area contributed by atoms with Gasteiger partial charge in [0, 0.05) is 0 Å². The van der Waals surface area contributed by atoms with Crippen molar-refractivity contribution >= 4 is 0 Å². The summed E-state index contributed by atoms with van der Waals surface area (Å²) in [6.45, 7) is 4.59. The van der Waals surface area contributed by atoms with Gasteiger partial charge in [0.15, 0.2) is 0 Å². The summed E-state index contributed by atoms with van der Waals surface area (Å²) in [4.78, 5) is 0. The van der Waals surface area contributed by atoms with Gasteiger partial charge in [0.2, 0.25) is 0 Å². The zero-order chi connectivity index (χ0) is 17.8. The molecule has 3 rings (SSSR count). The van der Waals surface area contributed by atoms with Gasteiger partial charge in [-0.3, -0.25) is 0 Å². The van der Waals surface area contributed by atoms with Crippen molar-refractivity contribution in [2.45, 2.75) is 48.7 Å². The van der Waals surface area contributed by atoms with E-state index in [1.807, 2.05) is 0 Å². The minimum Gasteiger partial charge on any atom is -1.00 e.